The minimum atomic E-state index is -0.165. The maximum Gasteiger partial charge on any atom is 0.248 e. The molecule has 6 nitrogen and oxygen atoms in total. The van der Waals surface area contributed by atoms with Crippen molar-refractivity contribution in [3.05, 3.63) is 24.5 Å². The van der Waals surface area contributed by atoms with E-state index < -0.39 is 0 Å². The number of likely N-dealkylation sites (tertiary alicyclic amines) is 1. The molecule has 6 heteroatoms. The van der Waals surface area contributed by atoms with Crippen molar-refractivity contribution in [3.8, 4) is 5.75 Å². The first kappa shape index (κ1) is 17.7. The molecule has 0 bridgehead atoms. The van der Waals surface area contributed by atoms with Gasteiger partial charge in [-0.05, 0) is 43.7 Å². The zero-order valence-electron chi connectivity index (χ0n) is 15.3. The Morgan fingerprint density at radius 1 is 1.31 bits per heavy atom. The highest BCUT2D eigenvalue weighted by atomic mass is 16.5. The highest BCUT2D eigenvalue weighted by Gasteiger charge is 2.54. The molecule has 1 atom stereocenters. The first-order chi connectivity index (χ1) is 12.8. The Bertz CT molecular complexity index is 597. The van der Waals surface area contributed by atoms with Gasteiger partial charge in [0.15, 0.2) is 0 Å². The molecule has 3 aliphatic rings. The van der Waals surface area contributed by atoms with Gasteiger partial charge in [-0.25, -0.2) is 0 Å². The van der Waals surface area contributed by atoms with Crippen molar-refractivity contribution in [3.63, 3.8) is 0 Å². The van der Waals surface area contributed by atoms with Gasteiger partial charge in [-0.15, -0.1) is 0 Å². The summed E-state index contributed by atoms with van der Waals surface area (Å²) >= 11 is 0. The Morgan fingerprint density at radius 3 is 2.92 bits per heavy atom. The number of nitrogens with zero attached hydrogens (tertiary/aromatic N) is 2. The van der Waals surface area contributed by atoms with Crippen LogP contribution in [-0.2, 0) is 14.3 Å². The van der Waals surface area contributed by atoms with Crippen LogP contribution in [0.25, 0.3) is 0 Å². The summed E-state index contributed by atoms with van der Waals surface area (Å²) in [5.74, 6) is 1.34. The lowest BCUT2D eigenvalue weighted by Gasteiger charge is -2.50. The van der Waals surface area contributed by atoms with E-state index in [0.717, 1.165) is 38.0 Å². The second kappa shape index (κ2) is 7.92. The smallest absolute Gasteiger partial charge is 0.248 e. The normalized spacial score (nSPS) is 24.8. The van der Waals surface area contributed by atoms with Crippen molar-refractivity contribution >= 4 is 5.91 Å². The molecule has 2 aliphatic heterocycles. The lowest BCUT2D eigenvalue weighted by Crippen LogP contribution is -2.66. The number of amides is 1. The third kappa shape index (κ3) is 3.86. The van der Waals surface area contributed by atoms with E-state index in [1.807, 2.05) is 17.0 Å². The summed E-state index contributed by atoms with van der Waals surface area (Å²) in [5, 5.41) is 0. The van der Waals surface area contributed by atoms with Crippen molar-refractivity contribution in [2.24, 2.45) is 5.92 Å². The monoisotopic (exact) mass is 360 g/mol. The van der Waals surface area contributed by atoms with Gasteiger partial charge in [0, 0.05) is 12.8 Å². The lowest BCUT2D eigenvalue weighted by molar-refractivity contribution is -0.171. The minimum absolute atomic E-state index is 0.100. The van der Waals surface area contributed by atoms with Gasteiger partial charge in [-0.1, -0.05) is 12.8 Å². The molecule has 1 spiro atoms. The minimum Gasteiger partial charge on any atom is -0.492 e. The predicted octanol–water partition coefficient (Wildman–Crippen LogP) is 2.43. The molecule has 1 aromatic heterocycles. The number of rotatable bonds is 7. The SMILES string of the molecule is O=C(COC1CCCC1)N1CC2(C1)OCC[C@H]2CCOc1cccnc1. The van der Waals surface area contributed by atoms with E-state index in [-0.39, 0.29) is 24.2 Å². The summed E-state index contributed by atoms with van der Waals surface area (Å²) in [7, 11) is 0. The third-order valence-corrected chi connectivity index (χ3v) is 5.98. The van der Waals surface area contributed by atoms with Crippen LogP contribution in [0.4, 0.5) is 0 Å². The highest BCUT2D eigenvalue weighted by Crippen LogP contribution is 2.41. The van der Waals surface area contributed by atoms with Crippen molar-refractivity contribution in [1.82, 2.24) is 9.88 Å². The van der Waals surface area contributed by atoms with Crippen LogP contribution >= 0.6 is 0 Å². The Morgan fingerprint density at radius 2 is 2.15 bits per heavy atom. The second-order valence-corrected chi connectivity index (χ2v) is 7.69. The zero-order chi connectivity index (χ0) is 17.8. The van der Waals surface area contributed by atoms with E-state index in [0.29, 0.717) is 25.6 Å². The van der Waals surface area contributed by atoms with E-state index >= 15 is 0 Å². The maximum absolute atomic E-state index is 12.3. The number of carbonyl (C=O) groups is 1. The standard InChI is InChI=1S/C20H28N2O4/c23-19(13-25-17-4-1-2-5-17)22-14-20(15-22)16(8-11-26-20)7-10-24-18-6-3-9-21-12-18/h3,6,9,12,16-17H,1-2,4-5,7-8,10-11,13-15H2/t16-/m1/s1. The molecule has 1 aliphatic carbocycles. The van der Waals surface area contributed by atoms with Crippen LogP contribution in [0.2, 0.25) is 0 Å². The first-order valence-corrected chi connectivity index (χ1v) is 9.81. The number of hydrogen-bond acceptors (Lipinski definition) is 5. The maximum atomic E-state index is 12.3. The fraction of sp³-hybridized carbons (Fsp3) is 0.700. The molecule has 1 saturated carbocycles. The van der Waals surface area contributed by atoms with Gasteiger partial charge in [0.05, 0.1) is 32.0 Å². The Kier molecular flexibility index (Phi) is 5.41. The molecule has 1 amide bonds. The summed E-state index contributed by atoms with van der Waals surface area (Å²) in [6.07, 6.45) is 10.4. The van der Waals surface area contributed by atoms with Crippen LogP contribution in [0.5, 0.6) is 5.75 Å². The van der Waals surface area contributed by atoms with Crippen LogP contribution in [0.1, 0.15) is 38.5 Å². The molecule has 3 fully saturated rings. The largest absolute Gasteiger partial charge is 0.492 e. The average molecular weight is 360 g/mol. The van der Waals surface area contributed by atoms with Gasteiger partial charge in [-0.3, -0.25) is 9.78 Å². The van der Waals surface area contributed by atoms with E-state index in [4.69, 9.17) is 14.2 Å². The molecule has 4 rings (SSSR count). The van der Waals surface area contributed by atoms with Crippen LogP contribution in [-0.4, -0.2) is 60.4 Å². The zero-order valence-corrected chi connectivity index (χ0v) is 15.3. The number of ether oxygens (including phenoxy) is 3. The molecule has 26 heavy (non-hydrogen) atoms. The second-order valence-electron chi connectivity index (χ2n) is 7.69. The fourth-order valence-corrected chi connectivity index (χ4v) is 4.41. The number of pyridine rings is 1. The first-order valence-electron chi connectivity index (χ1n) is 9.81. The fourth-order valence-electron chi connectivity index (χ4n) is 4.41. The van der Waals surface area contributed by atoms with Crippen molar-refractivity contribution in [2.75, 3.05) is 32.9 Å². The third-order valence-electron chi connectivity index (χ3n) is 5.98. The molecule has 0 N–H and O–H groups in total. The van der Waals surface area contributed by atoms with Gasteiger partial charge >= 0.3 is 0 Å². The number of hydrogen-bond donors (Lipinski definition) is 0. The molecular formula is C20H28N2O4. The number of aromatic nitrogens is 1. The summed E-state index contributed by atoms with van der Waals surface area (Å²) in [4.78, 5) is 18.3. The lowest BCUT2D eigenvalue weighted by atomic mass is 9.79. The summed E-state index contributed by atoms with van der Waals surface area (Å²) < 4.78 is 17.6. The molecule has 0 aromatic carbocycles. The molecule has 0 radical (unpaired) electrons. The van der Waals surface area contributed by atoms with Crippen molar-refractivity contribution in [1.29, 1.82) is 0 Å². The summed E-state index contributed by atoms with van der Waals surface area (Å²) in [5.41, 5.74) is -0.165. The van der Waals surface area contributed by atoms with Crippen LogP contribution in [0.15, 0.2) is 24.5 Å². The molecular weight excluding hydrogens is 332 g/mol. The Balaban J connectivity index is 1.20. The van der Waals surface area contributed by atoms with Crippen LogP contribution in [0.3, 0.4) is 0 Å². The van der Waals surface area contributed by atoms with E-state index in [1.54, 1.807) is 12.4 Å². The number of carbonyl (C=O) groups excluding carboxylic acids is 1. The van der Waals surface area contributed by atoms with Gasteiger partial charge in [0.2, 0.25) is 5.91 Å². The van der Waals surface area contributed by atoms with Gasteiger partial charge < -0.3 is 19.1 Å². The quantitative estimate of drug-likeness (QED) is 0.747. The van der Waals surface area contributed by atoms with Crippen LogP contribution < -0.4 is 4.74 Å². The molecule has 0 unspecified atom stereocenters. The Labute approximate surface area is 154 Å². The van der Waals surface area contributed by atoms with Gasteiger partial charge in [-0.2, -0.15) is 0 Å². The molecule has 1 aromatic rings. The van der Waals surface area contributed by atoms with E-state index in [9.17, 15) is 4.79 Å². The molecule has 3 heterocycles. The van der Waals surface area contributed by atoms with Gasteiger partial charge in [0.25, 0.3) is 0 Å². The highest BCUT2D eigenvalue weighted by molar-refractivity contribution is 5.78. The topological polar surface area (TPSA) is 60.9 Å². The van der Waals surface area contributed by atoms with Crippen LogP contribution in [0, 0.1) is 5.92 Å². The van der Waals surface area contributed by atoms with Crippen molar-refractivity contribution in [2.45, 2.75) is 50.2 Å². The van der Waals surface area contributed by atoms with E-state index in [2.05, 4.69) is 4.98 Å². The molecule has 2 saturated heterocycles. The van der Waals surface area contributed by atoms with Crippen molar-refractivity contribution < 1.29 is 19.0 Å². The Hall–Kier alpha value is -1.66. The molecule has 142 valence electrons. The van der Waals surface area contributed by atoms with Gasteiger partial charge in [0.1, 0.15) is 18.0 Å². The average Bonchev–Trinajstić information content (AvgIpc) is 3.29. The predicted molar refractivity (Wildman–Crippen MR) is 95.9 cm³/mol. The summed E-state index contributed by atoms with van der Waals surface area (Å²) in [6.45, 7) is 3.03. The summed E-state index contributed by atoms with van der Waals surface area (Å²) in [6, 6.07) is 3.79. The van der Waals surface area contributed by atoms with E-state index in [1.165, 1.54) is 12.8 Å².